The van der Waals surface area contributed by atoms with E-state index in [0.717, 1.165) is 39.2 Å². The lowest BCUT2D eigenvalue weighted by molar-refractivity contribution is -0.189. The molecular formula is C57H57Br3Cl4O15. The molecule has 9 unspecified atom stereocenters. The van der Waals surface area contributed by atoms with E-state index in [1.54, 1.807) is 109 Å². The van der Waals surface area contributed by atoms with Gasteiger partial charge in [-0.1, -0.05) is 195 Å². The molecule has 15 nitrogen and oxygen atoms in total. The maximum absolute atomic E-state index is 15.1. The molecule has 0 radical (unpaired) electrons. The van der Waals surface area contributed by atoms with Crippen molar-refractivity contribution in [1.29, 1.82) is 0 Å². The van der Waals surface area contributed by atoms with E-state index in [4.69, 9.17) is 84.3 Å². The minimum atomic E-state index is -2.20. The highest BCUT2D eigenvalue weighted by Crippen LogP contribution is 2.45. The maximum atomic E-state index is 15.1. The van der Waals surface area contributed by atoms with Crippen molar-refractivity contribution in [3.63, 3.8) is 0 Å². The molecule has 0 bridgehead atoms. The Bertz CT molecular complexity index is 2660. The smallest absolute Gasteiger partial charge is 0.356 e. The molecule has 0 aliphatic heterocycles. The molecule has 22 heteroatoms. The summed E-state index contributed by atoms with van der Waals surface area (Å²) in [6.45, 7) is 3.56. The van der Waals surface area contributed by atoms with Crippen LogP contribution in [0.15, 0.2) is 134 Å². The Labute approximate surface area is 503 Å². The van der Waals surface area contributed by atoms with E-state index in [2.05, 4.69) is 54.4 Å². The second-order valence-electron chi connectivity index (χ2n) is 18.7. The highest BCUT2D eigenvalue weighted by molar-refractivity contribution is 9.10. The number of hydrogen-bond acceptors (Lipinski definition) is 15. The molecule has 0 saturated heterocycles. The molecule has 0 heterocycles. The van der Waals surface area contributed by atoms with Gasteiger partial charge < -0.3 is 37.9 Å². The van der Waals surface area contributed by atoms with Crippen LogP contribution in [-0.2, 0) is 72.3 Å². The molecule has 0 spiro atoms. The van der Waals surface area contributed by atoms with Crippen LogP contribution in [-0.4, -0.2) is 103 Å². The van der Waals surface area contributed by atoms with Crippen LogP contribution >= 0.6 is 94.2 Å². The Hall–Kier alpha value is -4.53. The molecule has 2 aliphatic rings. The van der Waals surface area contributed by atoms with E-state index in [0.29, 0.717) is 25.7 Å². The molecular weight excluding hydrogens is 1310 g/mol. The molecule has 0 aromatic heterocycles. The van der Waals surface area contributed by atoms with Crippen LogP contribution in [0, 0.1) is 0 Å². The minimum Gasteiger partial charge on any atom is -0.454 e. The summed E-state index contributed by atoms with van der Waals surface area (Å²) < 4.78 is 44.4. The fourth-order valence-corrected chi connectivity index (χ4v) is 12.2. The lowest BCUT2D eigenvalue weighted by Gasteiger charge is -2.39. The van der Waals surface area contributed by atoms with Gasteiger partial charge in [0.05, 0.1) is 10.7 Å². The van der Waals surface area contributed by atoms with Gasteiger partial charge in [0.1, 0.15) is 11.1 Å². The lowest BCUT2D eigenvalue weighted by Crippen LogP contribution is -2.50. The van der Waals surface area contributed by atoms with Crippen molar-refractivity contribution >= 4 is 136 Å². The van der Waals surface area contributed by atoms with Gasteiger partial charge >= 0.3 is 41.8 Å². The third-order valence-corrected chi connectivity index (χ3v) is 18.0. The van der Waals surface area contributed by atoms with Crippen LogP contribution in [0.4, 0.5) is 0 Å². The summed E-state index contributed by atoms with van der Waals surface area (Å²) in [4.78, 5) is 96.4. The Balaban J connectivity index is 1.29. The standard InChI is InChI=1S/C57H57Br3Cl4O15/c1-3-21-39(61)47(66)77-54(73-38-28-15-7-16-29-38)42(63)49(68)78-53(72-2)43(64)50(69)79-57(36-24-11-5-12-25-36,37-26-13-6-14-27-37)45(58)51(70)75-44(35-22-9-4-10-23-35)41(62)48(67)76-46(56(60)32-17-8-18-33-56)52(71)74-40(65)34-55(59)30-19-20-31-55/h3-7,9-16,22-29,39,41-46,53-54H,1,8,17-21,30-34H2,2H3. The molecule has 2 aliphatic carbocycles. The molecule has 6 rings (SSSR count). The number of carbonyl (C=O) groups excluding carboxylic acids is 7. The van der Waals surface area contributed by atoms with Crippen molar-refractivity contribution in [1.82, 2.24) is 0 Å². The van der Waals surface area contributed by atoms with Gasteiger partial charge in [0.2, 0.25) is 17.8 Å². The molecule has 4 aromatic carbocycles. The molecule has 2 saturated carbocycles. The highest BCUT2D eigenvalue weighted by atomic mass is 79.9. The van der Waals surface area contributed by atoms with Crippen molar-refractivity contribution in [2.75, 3.05) is 7.11 Å². The van der Waals surface area contributed by atoms with Gasteiger partial charge in [0.25, 0.3) is 6.29 Å². The molecule has 4 aromatic rings. The highest BCUT2D eigenvalue weighted by Gasteiger charge is 2.53. The Morgan fingerprint density at radius 3 is 1.63 bits per heavy atom. The molecule has 2 fully saturated rings. The molecule has 0 amide bonds. The third kappa shape index (κ3) is 16.8. The number of alkyl halides is 7. The van der Waals surface area contributed by atoms with E-state index < -0.39 is 107 Å². The first kappa shape index (κ1) is 63.6. The Morgan fingerprint density at radius 1 is 0.595 bits per heavy atom. The number of para-hydroxylation sites is 1. The first-order chi connectivity index (χ1) is 37.7. The normalized spacial score (nSPS) is 18.2. The number of carbonyl (C=O) groups is 7. The zero-order chi connectivity index (χ0) is 57.3. The lowest BCUT2D eigenvalue weighted by atomic mass is 9.83. The van der Waals surface area contributed by atoms with Crippen LogP contribution in [0.1, 0.15) is 93.4 Å². The fraction of sp³-hybridized carbons (Fsp3) is 0.421. The van der Waals surface area contributed by atoms with E-state index >= 15 is 4.79 Å². The number of allylic oxidation sites excluding steroid dienone is 1. The number of esters is 7. The van der Waals surface area contributed by atoms with Crippen molar-refractivity contribution in [3.05, 3.63) is 151 Å². The van der Waals surface area contributed by atoms with Crippen LogP contribution in [0.2, 0.25) is 0 Å². The van der Waals surface area contributed by atoms with Crippen molar-refractivity contribution in [2.45, 2.75) is 136 Å². The first-order valence-corrected chi connectivity index (χ1v) is 29.4. The van der Waals surface area contributed by atoms with Gasteiger partial charge in [-0.15, -0.1) is 53.0 Å². The third-order valence-electron chi connectivity index (χ3n) is 13.1. The predicted octanol–water partition coefficient (Wildman–Crippen LogP) is 12.2. The van der Waals surface area contributed by atoms with Gasteiger partial charge in [0, 0.05) is 22.6 Å². The SMILES string of the molecule is C=CCC(Cl)C(=O)OC(Oc1ccccc1)C(Cl)C(=O)OC(OC)C(Cl)C(=O)OC(c1ccccc1)(c1ccccc1)C(Br)C(=O)OC(c1ccccc1)C(Cl)C(=O)OC(C(=O)OC(=O)CC1(Br)CCCC1)C1(Br)CCCCC1. The topological polar surface area (TPSA) is 193 Å². The number of ether oxygens (including phenoxy) is 8. The van der Waals surface area contributed by atoms with Gasteiger partial charge in [-0.2, -0.15) is 0 Å². The van der Waals surface area contributed by atoms with Gasteiger partial charge in [-0.3, -0.25) is 28.8 Å². The summed E-state index contributed by atoms with van der Waals surface area (Å²) in [5.41, 5.74) is -1.58. The minimum absolute atomic E-state index is 0.00883. The number of halogens is 7. The monoisotopic (exact) mass is 1360 g/mol. The van der Waals surface area contributed by atoms with Crippen molar-refractivity contribution < 1.29 is 71.5 Å². The Kier molecular flexibility index (Phi) is 24.1. The summed E-state index contributed by atoms with van der Waals surface area (Å²) >= 11 is 37.4. The summed E-state index contributed by atoms with van der Waals surface area (Å²) in [7, 11) is 1.08. The van der Waals surface area contributed by atoms with Crippen molar-refractivity contribution in [2.24, 2.45) is 0 Å². The maximum Gasteiger partial charge on any atom is 0.356 e. The largest absolute Gasteiger partial charge is 0.454 e. The van der Waals surface area contributed by atoms with E-state index in [9.17, 15) is 28.8 Å². The van der Waals surface area contributed by atoms with Crippen LogP contribution in [0.5, 0.6) is 5.75 Å². The van der Waals surface area contributed by atoms with Crippen LogP contribution in [0.3, 0.4) is 0 Å². The summed E-state index contributed by atoms with van der Waals surface area (Å²) in [6.07, 6.45) is 0.509. The second kappa shape index (κ2) is 30.0. The van der Waals surface area contributed by atoms with Gasteiger partial charge in [0.15, 0.2) is 27.3 Å². The number of rotatable bonds is 26. The van der Waals surface area contributed by atoms with Crippen LogP contribution < -0.4 is 4.74 Å². The Morgan fingerprint density at radius 2 is 1.09 bits per heavy atom. The number of methoxy groups -OCH3 is 1. The summed E-state index contributed by atoms with van der Waals surface area (Å²) in [6, 6.07) is 32.1. The van der Waals surface area contributed by atoms with E-state index in [1.807, 2.05) is 0 Å². The zero-order valence-corrected chi connectivity index (χ0v) is 50.4. The van der Waals surface area contributed by atoms with Crippen molar-refractivity contribution in [3.8, 4) is 5.75 Å². The zero-order valence-electron chi connectivity index (χ0n) is 42.6. The first-order valence-electron chi connectivity index (χ1n) is 25.1. The average Bonchev–Trinajstić information content (AvgIpc) is 3.95. The number of hydrogen-bond donors (Lipinski definition) is 0. The quantitative estimate of drug-likeness (QED) is 0.0144. The molecule has 9 atom stereocenters. The van der Waals surface area contributed by atoms with Gasteiger partial charge in [-0.25, -0.2) is 4.79 Å². The van der Waals surface area contributed by atoms with Crippen LogP contribution in [0.25, 0.3) is 0 Å². The number of benzene rings is 4. The fourth-order valence-electron chi connectivity index (χ4n) is 9.06. The average molecular weight is 1360 g/mol. The summed E-state index contributed by atoms with van der Waals surface area (Å²) in [5.74, 6) is -7.64. The molecule has 424 valence electrons. The molecule has 0 N–H and O–H groups in total. The predicted molar refractivity (Wildman–Crippen MR) is 305 cm³/mol. The second-order valence-corrected chi connectivity index (χ2v) is 24.8. The molecule has 79 heavy (non-hydrogen) atoms. The van der Waals surface area contributed by atoms with Gasteiger partial charge in [-0.05, 0) is 49.8 Å². The van der Waals surface area contributed by atoms with E-state index in [1.165, 1.54) is 18.2 Å². The summed E-state index contributed by atoms with van der Waals surface area (Å²) in [5, 5.41) is -6.97. The van der Waals surface area contributed by atoms with E-state index in [-0.39, 0.29) is 35.3 Å².